The molecule has 1 N–H and O–H groups in total. The van der Waals surface area contributed by atoms with Gasteiger partial charge >= 0.3 is 0 Å². The largest absolute Gasteiger partial charge is 0.507 e. The number of aliphatic hydroxyl groups is 1. The van der Waals surface area contributed by atoms with E-state index in [1.807, 2.05) is 42.6 Å². The van der Waals surface area contributed by atoms with Gasteiger partial charge in [-0.25, -0.2) is 0 Å². The van der Waals surface area contributed by atoms with E-state index >= 15 is 0 Å². The zero-order valence-corrected chi connectivity index (χ0v) is 17.5. The smallest absolute Gasteiger partial charge is 0.295 e. The Bertz CT molecular complexity index is 1060. The number of furan rings is 1. The summed E-state index contributed by atoms with van der Waals surface area (Å²) in [6.45, 7) is 0.287. The zero-order chi connectivity index (χ0) is 21.3. The predicted octanol–water partition coefficient (Wildman–Crippen LogP) is 4.07. The first-order chi connectivity index (χ1) is 14.5. The summed E-state index contributed by atoms with van der Waals surface area (Å²) in [7, 11) is 3.87. The maximum Gasteiger partial charge on any atom is 0.295 e. The van der Waals surface area contributed by atoms with Crippen LogP contribution in [0.5, 0.6) is 0 Å². The molecule has 0 saturated carbocycles. The number of benzene rings is 1. The zero-order valence-electron chi connectivity index (χ0n) is 16.7. The second-order valence-electron chi connectivity index (χ2n) is 7.33. The van der Waals surface area contributed by atoms with E-state index in [-0.39, 0.29) is 23.9 Å². The van der Waals surface area contributed by atoms with Crippen LogP contribution >= 0.6 is 11.3 Å². The fourth-order valence-corrected chi connectivity index (χ4v) is 4.65. The molecule has 7 heteroatoms. The van der Waals surface area contributed by atoms with E-state index in [2.05, 4.69) is 0 Å². The van der Waals surface area contributed by atoms with E-state index in [9.17, 15) is 14.7 Å². The van der Waals surface area contributed by atoms with Gasteiger partial charge in [-0.1, -0.05) is 36.4 Å². The fourth-order valence-electron chi connectivity index (χ4n) is 3.74. The fraction of sp³-hybridized carbons (Fsp3) is 0.217. The van der Waals surface area contributed by atoms with Gasteiger partial charge in [-0.05, 0) is 37.7 Å². The van der Waals surface area contributed by atoms with Gasteiger partial charge < -0.3 is 19.3 Å². The topological polar surface area (TPSA) is 74.0 Å². The number of nitrogens with zero attached hydrogens (tertiary/aromatic N) is 2. The number of rotatable bonds is 6. The van der Waals surface area contributed by atoms with Crippen LogP contribution in [-0.2, 0) is 9.59 Å². The number of thiophene rings is 1. The van der Waals surface area contributed by atoms with Crippen molar-refractivity contribution in [2.24, 2.45) is 0 Å². The number of hydrogen-bond donors (Lipinski definition) is 1. The van der Waals surface area contributed by atoms with Gasteiger partial charge in [0.25, 0.3) is 11.7 Å². The lowest BCUT2D eigenvalue weighted by molar-refractivity contribution is -0.140. The summed E-state index contributed by atoms with van der Waals surface area (Å²) in [5, 5.41) is 12.9. The van der Waals surface area contributed by atoms with E-state index in [1.165, 1.54) is 11.2 Å². The van der Waals surface area contributed by atoms with Crippen LogP contribution in [0.15, 0.2) is 76.2 Å². The first-order valence-electron chi connectivity index (χ1n) is 9.56. The normalized spacial score (nSPS) is 19.6. The standard InChI is InChI=1S/C23H22N2O4S/c1-24(2)16(18-11-7-13-30-18)14-25-20(17-10-6-12-29-17)19(22(27)23(25)28)21(26)15-8-4-3-5-9-15/h3-13,16,20,26H,14H2,1-2H3/b21-19+. The third-order valence-corrected chi connectivity index (χ3v) is 6.24. The molecule has 1 aromatic carbocycles. The number of aliphatic hydroxyl groups excluding tert-OH is 1. The van der Waals surface area contributed by atoms with Crippen LogP contribution in [0.25, 0.3) is 5.76 Å². The first-order valence-corrected chi connectivity index (χ1v) is 10.4. The number of Topliss-reactive ketones (excluding diaryl/α,β-unsaturated/α-hetero) is 1. The first kappa shape index (κ1) is 20.1. The van der Waals surface area contributed by atoms with Gasteiger partial charge in [-0.15, -0.1) is 11.3 Å². The highest BCUT2D eigenvalue weighted by Gasteiger charge is 2.48. The van der Waals surface area contributed by atoms with Crippen molar-refractivity contribution in [2.45, 2.75) is 12.1 Å². The number of amides is 1. The number of ketones is 1. The Balaban J connectivity index is 1.80. The maximum atomic E-state index is 13.1. The quantitative estimate of drug-likeness (QED) is 0.368. The molecule has 154 valence electrons. The van der Waals surface area contributed by atoms with Crippen molar-refractivity contribution in [1.82, 2.24) is 9.80 Å². The van der Waals surface area contributed by atoms with E-state index < -0.39 is 17.7 Å². The number of likely N-dealkylation sites (N-methyl/N-ethyl adjacent to an activating group) is 1. The van der Waals surface area contributed by atoms with Gasteiger partial charge in [0.2, 0.25) is 0 Å². The molecule has 1 aliphatic rings. The molecule has 2 aromatic heterocycles. The summed E-state index contributed by atoms with van der Waals surface area (Å²) >= 11 is 1.60. The number of carbonyl (C=O) groups excluding carboxylic acids is 2. The van der Waals surface area contributed by atoms with Crippen molar-refractivity contribution in [3.8, 4) is 0 Å². The molecule has 3 heterocycles. The van der Waals surface area contributed by atoms with Crippen LogP contribution in [0.1, 0.15) is 28.3 Å². The van der Waals surface area contributed by atoms with Crippen LogP contribution in [-0.4, -0.2) is 47.2 Å². The molecule has 0 bridgehead atoms. The molecule has 30 heavy (non-hydrogen) atoms. The Labute approximate surface area is 178 Å². The number of hydrogen-bond acceptors (Lipinski definition) is 6. The molecule has 4 rings (SSSR count). The second kappa shape index (κ2) is 8.30. The molecule has 1 saturated heterocycles. The summed E-state index contributed by atoms with van der Waals surface area (Å²) in [5.74, 6) is -1.11. The minimum absolute atomic E-state index is 0.0461. The lowest BCUT2D eigenvalue weighted by Crippen LogP contribution is -2.37. The molecule has 1 fully saturated rings. The van der Waals surface area contributed by atoms with Crippen molar-refractivity contribution in [3.05, 3.63) is 88.0 Å². The maximum absolute atomic E-state index is 13.1. The molecule has 1 amide bonds. The van der Waals surface area contributed by atoms with E-state index in [0.717, 1.165) is 4.88 Å². The molecule has 0 aliphatic carbocycles. The molecule has 0 spiro atoms. The summed E-state index contributed by atoms with van der Waals surface area (Å²) in [5.41, 5.74) is 0.527. The van der Waals surface area contributed by atoms with Gasteiger partial charge in [0, 0.05) is 17.0 Å². The van der Waals surface area contributed by atoms with Gasteiger partial charge in [-0.2, -0.15) is 0 Å². The van der Waals surface area contributed by atoms with Gasteiger partial charge in [0.05, 0.1) is 17.9 Å². The summed E-state index contributed by atoms with van der Waals surface area (Å²) in [6, 6.07) is 15.3. The van der Waals surface area contributed by atoms with E-state index in [1.54, 1.807) is 47.7 Å². The Morgan fingerprint density at radius 2 is 1.90 bits per heavy atom. The highest BCUT2D eigenvalue weighted by Crippen LogP contribution is 2.41. The van der Waals surface area contributed by atoms with Gasteiger partial charge in [0.15, 0.2) is 0 Å². The lowest BCUT2D eigenvalue weighted by Gasteiger charge is -2.31. The minimum Gasteiger partial charge on any atom is -0.507 e. The molecular formula is C23H22N2O4S. The monoisotopic (exact) mass is 422 g/mol. The van der Waals surface area contributed by atoms with Crippen molar-refractivity contribution >= 4 is 28.8 Å². The minimum atomic E-state index is -0.789. The Hall–Kier alpha value is -3.16. The average molecular weight is 423 g/mol. The van der Waals surface area contributed by atoms with Crippen LogP contribution in [0.3, 0.4) is 0 Å². The van der Waals surface area contributed by atoms with Crippen molar-refractivity contribution in [3.63, 3.8) is 0 Å². The van der Waals surface area contributed by atoms with E-state index in [4.69, 9.17) is 4.42 Å². The van der Waals surface area contributed by atoms with Crippen LogP contribution in [0.2, 0.25) is 0 Å². The highest BCUT2D eigenvalue weighted by molar-refractivity contribution is 7.10. The molecule has 2 atom stereocenters. The Kier molecular flexibility index (Phi) is 5.57. The molecule has 2 unspecified atom stereocenters. The third-order valence-electron chi connectivity index (χ3n) is 5.26. The van der Waals surface area contributed by atoms with Crippen LogP contribution in [0, 0.1) is 0 Å². The summed E-state index contributed by atoms with van der Waals surface area (Å²) < 4.78 is 5.59. The Morgan fingerprint density at radius 3 is 2.50 bits per heavy atom. The van der Waals surface area contributed by atoms with Crippen molar-refractivity contribution in [2.75, 3.05) is 20.6 Å². The van der Waals surface area contributed by atoms with Crippen molar-refractivity contribution < 1.29 is 19.1 Å². The van der Waals surface area contributed by atoms with Gasteiger partial charge in [-0.3, -0.25) is 9.59 Å². The van der Waals surface area contributed by atoms with Crippen LogP contribution in [0.4, 0.5) is 0 Å². The average Bonchev–Trinajstić information content (AvgIpc) is 3.50. The number of carbonyl (C=O) groups is 2. The predicted molar refractivity (Wildman–Crippen MR) is 115 cm³/mol. The van der Waals surface area contributed by atoms with Crippen LogP contribution < -0.4 is 0 Å². The molecule has 3 aromatic rings. The summed E-state index contributed by atoms with van der Waals surface area (Å²) in [4.78, 5) is 30.7. The highest BCUT2D eigenvalue weighted by atomic mass is 32.1. The van der Waals surface area contributed by atoms with Gasteiger partial charge in [0.1, 0.15) is 17.6 Å². The lowest BCUT2D eigenvalue weighted by atomic mass is 9.99. The number of likely N-dealkylation sites (tertiary alicyclic amines) is 1. The van der Waals surface area contributed by atoms with Crippen molar-refractivity contribution in [1.29, 1.82) is 0 Å². The molecule has 1 aliphatic heterocycles. The molecule has 6 nitrogen and oxygen atoms in total. The second-order valence-corrected chi connectivity index (χ2v) is 8.31. The Morgan fingerprint density at radius 1 is 1.13 bits per heavy atom. The van der Waals surface area contributed by atoms with E-state index in [0.29, 0.717) is 11.3 Å². The summed E-state index contributed by atoms with van der Waals surface area (Å²) in [6.07, 6.45) is 1.50. The molecule has 0 radical (unpaired) electrons. The molecular weight excluding hydrogens is 400 g/mol. The SMILES string of the molecule is CN(C)C(CN1C(=O)C(=O)/C(=C(/O)c2ccccc2)C1c1ccco1)c1cccs1. The third kappa shape index (κ3) is 3.58.